The number of fused-ring (bicyclic) bond motifs is 2. The van der Waals surface area contributed by atoms with Gasteiger partial charge in [0.05, 0.1) is 11.6 Å². The maximum atomic E-state index is 6.11. The van der Waals surface area contributed by atoms with Crippen LogP contribution in [0.1, 0.15) is 19.8 Å². The van der Waals surface area contributed by atoms with E-state index in [1.165, 1.54) is 0 Å². The van der Waals surface area contributed by atoms with Gasteiger partial charge in [0.25, 0.3) is 0 Å². The predicted octanol–water partition coefficient (Wildman–Crippen LogP) is 1.19. The van der Waals surface area contributed by atoms with Gasteiger partial charge >= 0.3 is 0 Å². The van der Waals surface area contributed by atoms with Crippen LogP contribution in [0.3, 0.4) is 0 Å². The van der Waals surface area contributed by atoms with E-state index in [9.17, 15) is 0 Å². The zero-order chi connectivity index (χ0) is 7.41. The minimum absolute atomic E-state index is 0.124. The summed E-state index contributed by atoms with van der Waals surface area (Å²) < 4.78 is -0.618. The van der Waals surface area contributed by atoms with E-state index in [-0.39, 0.29) is 11.6 Å². The minimum atomic E-state index is -0.618. The molecular formula is C6H10Cl2N2. The van der Waals surface area contributed by atoms with Crippen molar-refractivity contribution in [3.8, 4) is 0 Å². The highest BCUT2D eigenvalue weighted by atomic mass is 35.5. The molecule has 2 unspecified atom stereocenters. The van der Waals surface area contributed by atoms with Crippen LogP contribution in [0.4, 0.5) is 0 Å². The summed E-state index contributed by atoms with van der Waals surface area (Å²) in [7, 11) is 0. The first kappa shape index (κ1) is 7.17. The van der Waals surface area contributed by atoms with Gasteiger partial charge in [-0.25, -0.2) is 5.43 Å². The number of nitrogens with one attached hydrogen (secondary N) is 2. The number of hydrogen-bond donors (Lipinski definition) is 2. The molecule has 0 radical (unpaired) electrons. The van der Waals surface area contributed by atoms with Crippen LogP contribution in [0.5, 0.6) is 0 Å². The van der Waals surface area contributed by atoms with E-state index in [0.717, 1.165) is 12.8 Å². The normalized spacial score (nSPS) is 50.1. The van der Waals surface area contributed by atoms with E-state index in [1.54, 1.807) is 0 Å². The summed E-state index contributed by atoms with van der Waals surface area (Å²) in [5, 5.41) is 0. The Morgan fingerprint density at radius 1 is 1.50 bits per heavy atom. The Labute approximate surface area is 70.2 Å². The molecule has 2 rings (SSSR count). The largest absolute Gasteiger partial charge is 0.251 e. The summed E-state index contributed by atoms with van der Waals surface area (Å²) in [6, 6.07) is 0.223. The van der Waals surface area contributed by atoms with Crippen molar-refractivity contribution in [3.63, 3.8) is 0 Å². The van der Waals surface area contributed by atoms with E-state index in [1.807, 2.05) is 6.92 Å². The lowest BCUT2D eigenvalue weighted by atomic mass is 10.0. The van der Waals surface area contributed by atoms with E-state index >= 15 is 0 Å². The molecule has 58 valence electrons. The van der Waals surface area contributed by atoms with Crippen LogP contribution in [0.15, 0.2) is 0 Å². The van der Waals surface area contributed by atoms with Crippen molar-refractivity contribution in [1.29, 1.82) is 0 Å². The van der Waals surface area contributed by atoms with Crippen molar-refractivity contribution < 1.29 is 0 Å². The molecule has 0 aromatic heterocycles. The average Bonchev–Trinajstić information content (AvgIpc) is 2.18. The highest BCUT2D eigenvalue weighted by molar-refractivity contribution is 6.50. The summed E-state index contributed by atoms with van der Waals surface area (Å²) in [5.41, 5.74) is 6.06. The van der Waals surface area contributed by atoms with E-state index in [4.69, 9.17) is 23.2 Å². The summed E-state index contributed by atoms with van der Waals surface area (Å²) in [5.74, 6) is 0. The Morgan fingerprint density at radius 3 is 2.30 bits per heavy atom. The Hall–Kier alpha value is 0.500. The Bertz CT molecular complexity index is 158. The van der Waals surface area contributed by atoms with E-state index < -0.39 is 4.33 Å². The first-order valence-corrected chi connectivity index (χ1v) is 4.22. The molecule has 10 heavy (non-hydrogen) atoms. The van der Waals surface area contributed by atoms with Crippen LogP contribution in [-0.2, 0) is 0 Å². The molecule has 1 heterocycles. The molecule has 1 saturated heterocycles. The molecule has 1 saturated carbocycles. The Balaban J connectivity index is 2.37. The van der Waals surface area contributed by atoms with Gasteiger partial charge in [-0.15, -0.1) is 0 Å². The highest BCUT2D eigenvalue weighted by Crippen LogP contribution is 2.50. The van der Waals surface area contributed by atoms with Crippen LogP contribution < -0.4 is 10.9 Å². The molecule has 0 aromatic rings. The molecule has 2 bridgehead atoms. The summed E-state index contributed by atoms with van der Waals surface area (Å²) in [4.78, 5) is 0. The summed E-state index contributed by atoms with van der Waals surface area (Å²) in [6.07, 6.45) is 2.12. The van der Waals surface area contributed by atoms with Gasteiger partial charge in [-0.2, -0.15) is 0 Å². The van der Waals surface area contributed by atoms with Gasteiger partial charge < -0.3 is 0 Å². The SMILES string of the molecule is CC12CCC(NN1)C2(Cl)Cl. The minimum Gasteiger partial charge on any atom is -0.251 e. The first-order chi connectivity index (χ1) is 4.56. The monoisotopic (exact) mass is 180 g/mol. The first-order valence-electron chi connectivity index (χ1n) is 3.47. The third-order valence-corrected chi connectivity index (χ3v) is 3.99. The standard InChI is InChI=1S/C6H10Cl2N2/c1-5-3-2-4(9-10-5)6(5,7)8/h4,9-10H,2-3H2,1H3. The van der Waals surface area contributed by atoms with Crippen molar-refractivity contribution in [2.24, 2.45) is 0 Å². The summed E-state index contributed by atoms with van der Waals surface area (Å²) >= 11 is 12.2. The van der Waals surface area contributed by atoms with Gasteiger partial charge in [-0.3, -0.25) is 5.43 Å². The van der Waals surface area contributed by atoms with Gasteiger partial charge in [-0.05, 0) is 19.8 Å². The zero-order valence-corrected chi connectivity index (χ0v) is 7.26. The molecule has 2 N–H and O–H groups in total. The maximum Gasteiger partial charge on any atom is 0.153 e. The molecule has 2 nitrogen and oxygen atoms in total. The molecule has 2 fully saturated rings. The third kappa shape index (κ3) is 0.632. The average molecular weight is 181 g/mol. The fraction of sp³-hybridized carbons (Fsp3) is 1.00. The van der Waals surface area contributed by atoms with Gasteiger partial charge in [-0.1, -0.05) is 23.2 Å². The second-order valence-corrected chi connectivity index (χ2v) is 4.70. The number of alkyl halides is 2. The molecule has 2 atom stereocenters. The summed E-state index contributed by atoms with van der Waals surface area (Å²) in [6.45, 7) is 2.05. The second kappa shape index (κ2) is 1.81. The van der Waals surface area contributed by atoms with Crippen LogP contribution in [0, 0.1) is 0 Å². The van der Waals surface area contributed by atoms with E-state index in [0.29, 0.717) is 0 Å². The predicted molar refractivity (Wildman–Crippen MR) is 42.1 cm³/mol. The Morgan fingerprint density at radius 2 is 2.20 bits per heavy atom. The quantitative estimate of drug-likeness (QED) is 0.548. The fourth-order valence-corrected chi connectivity index (χ4v) is 2.33. The topological polar surface area (TPSA) is 24.1 Å². The third-order valence-electron chi connectivity index (χ3n) is 2.63. The lowest BCUT2D eigenvalue weighted by molar-refractivity contribution is 0.339. The molecule has 2 aliphatic rings. The van der Waals surface area contributed by atoms with Gasteiger partial charge in [0, 0.05) is 0 Å². The number of hydrazine groups is 1. The van der Waals surface area contributed by atoms with Crippen LogP contribution in [0.2, 0.25) is 0 Å². The van der Waals surface area contributed by atoms with Crippen molar-refractivity contribution in [2.75, 3.05) is 0 Å². The lowest BCUT2D eigenvalue weighted by Gasteiger charge is -2.27. The van der Waals surface area contributed by atoms with Gasteiger partial charge in [0.2, 0.25) is 0 Å². The number of hydrogen-bond acceptors (Lipinski definition) is 2. The number of halogens is 2. The van der Waals surface area contributed by atoms with Crippen LogP contribution >= 0.6 is 23.2 Å². The maximum absolute atomic E-state index is 6.11. The zero-order valence-electron chi connectivity index (χ0n) is 5.75. The van der Waals surface area contributed by atoms with Crippen molar-refractivity contribution in [3.05, 3.63) is 0 Å². The number of rotatable bonds is 0. The molecule has 0 aromatic carbocycles. The molecule has 4 heteroatoms. The molecule has 0 spiro atoms. The fourth-order valence-electron chi connectivity index (χ4n) is 1.72. The van der Waals surface area contributed by atoms with Crippen LogP contribution in [-0.4, -0.2) is 15.9 Å². The van der Waals surface area contributed by atoms with Crippen molar-refractivity contribution in [2.45, 2.75) is 35.7 Å². The van der Waals surface area contributed by atoms with E-state index in [2.05, 4.69) is 10.9 Å². The molecule has 1 aliphatic carbocycles. The van der Waals surface area contributed by atoms with Crippen molar-refractivity contribution >= 4 is 23.2 Å². The highest BCUT2D eigenvalue weighted by Gasteiger charge is 2.60. The van der Waals surface area contributed by atoms with Crippen LogP contribution in [0.25, 0.3) is 0 Å². The van der Waals surface area contributed by atoms with Gasteiger partial charge in [0.15, 0.2) is 4.33 Å². The molecular weight excluding hydrogens is 171 g/mol. The van der Waals surface area contributed by atoms with Gasteiger partial charge in [0.1, 0.15) is 0 Å². The lowest BCUT2D eigenvalue weighted by Crippen LogP contribution is -2.48. The Kier molecular flexibility index (Phi) is 1.29. The van der Waals surface area contributed by atoms with Crippen molar-refractivity contribution in [1.82, 2.24) is 10.9 Å². The second-order valence-electron chi connectivity index (χ2n) is 3.32. The molecule has 0 amide bonds. The smallest absolute Gasteiger partial charge is 0.153 e. The molecule has 1 aliphatic heterocycles.